The van der Waals surface area contributed by atoms with Gasteiger partial charge in [-0.05, 0) is 24.3 Å². The first-order valence-corrected chi connectivity index (χ1v) is 5.41. The van der Waals surface area contributed by atoms with Crippen molar-refractivity contribution in [2.75, 3.05) is 0 Å². The van der Waals surface area contributed by atoms with Gasteiger partial charge in [0.1, 0.15) is 6.04 Å². The third-order valence-electron chi connectivity index (χ3n) is 2.65. The van der Waals surface area contributed by atoms with Gasteiger partial charge in [-0.15, -0.1) is 0 Å². The molecule has 0 radical (unpaired) electrons. The number of nitrogens with one attached hydrogen (secondary N) is 1. The van der Waals surface area contributed by atoms with Crippen molar-refractivity contribution in [1.82, 2.24) is 5.48 Å². The molecule has 4 heteroatoms. The van der Waals surface area contributed by atoms with Gasteiger partial charge in [-0.25, -0.2) is 0 Å². The lowest BCUT2D eigenvalue weighted by Gasteiger charge is -2.13. The van der Waals surface area contributed by atoms with Crippen LogP contribution in [-0.2, 0) is 16.2 Å². The van der Waals surface area contributed by atoms with Gasteiger partial charge in [0.2, 0.25) is 0 Å². The van der Waals surface area contributed by atoms with Gasteiger partial charge in [-0.1, -0.05) is 30.3 Å². The van der Waals surface area contributed by atoms with Crippen molar-refractivity contribution < 1.29 is 14.7 Å². The van der Waals surface area contributed by atoms with Crippen LogP contribution in [0.25, 0.3) is 0 Å². The van der Waals surface area contributed by atoms with E-state index in [-0.39, 0.29) is 5.92 Å². The minimum absolute atomic E-state index is 0.230. The van der Waals surface area contributed by atoms with E-state index in [0.717, 1.165) is 18.4 Å². The average molecular weight is 221 g/mol. The largest absolute Gasteiger partial charge is 0.480 e. The Bertz CT molecular complexity index is 349. The third-order valence-corrected chi connectivity index (χ3v) is 2.65. The number of carboxylic acids is 1. The highest BCUT2D eigenvalue weighted by Crippen LogP contribution is 2.32. The summed E-state index contributed by atoms with van der Waals surface area (Å²) < 4.78 is 0. The molecule has 2 N–H and O–H groups in total. The molecule has 1 fully saturated rings. The van der Waals surface area contributed by atoms with Gasteiger partial charge < -0.3 is 5.11 Å². The van der Waals surface area contributed by atoms with Crippen LogP contribution in [0, 0.1) is 5.92 Å². The highest BCUT2D eigenvalue weighted by atomic mass is 16.6. The Labute approximate surface area is 94.2 Å². The normalized spacial score (nSPS) is 17.0. The second-order valence-corrected chi connectivity index (χ2v) is 4.05. The van der Waals surface area contributed by atoms with Gasteiger partial charge in [-0.2, -0.15) is 5.48 Å². The number of hydrogen-bond acceptors (Lipinski definition) is 3. The lowest BCUT2D eigenvalue weighted by molar-refractivity contribution is -0.145. The fourth-order valence-electron chi connectivity index (χ4n) is 1.57. The molecule has 1 atom stereocenters. The lowest BCUT2D eigenvalue weighted by Crippen LogP contribution is -2.38. The smallest absolute Gasteiger partial charge is 0.323 e. The highest BCUT2D eigenvalue weighted by molar-refractivity contribution is 5.74. The molecule has 0 spiro atoms. The van der Waals surface area contributed by atoms with Crippen LogP contribution in [0.2, 0.25) is 0 Å². The van der Waals surface area contributed by atoms with Crippen molar-refractivity contribution in [3.8, 4) is 0 Å². The van der Waals surface area contributed by atoms with E-state index in [9.17, 15) is 4.79 Å². The predicted octanol–water partition coefficient (Wildman–Crippen LogP) is 1.57. The number of hydroxylamine groups is 1. The second kappa shape index (κ2) is 5.09. The van der Waals surface area contributed by atoms with Gasteiger partial charge in [0, 0.05) is 0 Å². The van der Waals surface area contributed by atoms with Crippen LogP contribution in [0.5, 0.6) is 0 Å². The molecule has 0 heterocycles. The minimum atomic E-state index is -0.837. The first-order valence-electron chi connectivity index (χ1n) is 5.41. The molecule has 0 bridgehead atoms. The van der Waals surface area contributed by atoms with E-state index in [4.69, 9.17) is 9.94 Å². The maximum Gasteiger partial charge on any atom is 0.323 e. The summed E-state index contributed by atoms with van der Waals surface area (Å²) in [5.41, 5.74) is 3.65. The summed E-state index contributed by atoms with van der Waals surface area (Å²) in [5, 5.41) is 8.94. The Balaban J connectivity index is 1.76. The molecule has 1 aromatic carbocycles. The predicted molar refractivity (Wildman–Crippen MR) is 58.5 cm³/mol. The summed E-state index contributed by atoms with van der Waals surface area (Å²) >= 11 is 0. The summed E-state index contributed by atoms with van der Waals surface area (Å²) in [6.07, 6.45) is 1.94. The molecule has 16 heavy (non-hydrogen) atoms. The van der Waals surface area contributed by atoms with E-state index in [1.54, 1.807) is 0 Å². The number of hydrogen-bond donors (Lipinski definition) is 2. The summed E-state index contributed by atoms with van der Waals surface area (Å²) in [6.45, 7) is 0.386. The van der Waals surface area contributed by atoms with E-state index in [0.29, 0.717) is 6.61 Å². The molecule has 0 aromatic heterocycles. The Hall–Kier alpha value is -1.39. The SMILES string of the molecule is O=C(O)C(NOCc1ccccc1)C1CC1. The monoisotopic (exact) mass is 221 g/mol. The highest BCUT2D eigenvalue weighted by Gasteiger charge is 2.36. The maximum absolute atomic E-state index is 10.9. The maximum atomic E-state index is 10.9. The Morgan fingerprint density at radius 2 is 2.12 bits per heavy atom. The van der Waals surface area contributed by atoms with E-state index >= 15 is 0 Å². The van der Waals surface area contributed by atoms with Gasteiger partial charge in [0.25, 0.3) is 0 Å². The number of benzene rings is 1. The van der Waals surface area contributed by atoms with E-state index in [1.807, 2.05) is 30.3 Å². The topological polar surface area (TPSA) is 58.6 Å². The first kappa shape index (κ1) is 11.1. The molecular weight excluding hydrogens is 206 g/mol. The van der Waals surface area contributed by atoms with Crippen molar-refractivity contribution >= 4 is 5.97 Å². The van der Waals surface area contributed by atoms with Crippen LogP contribution < -0.4 is 5.48 Å². The molecule has 1 unspecified atom stereocenters. The Kier molecular flexibility index (Phi) is 3.54. The minimum Gasteiger partial charge on any atom is -0.480 e. The molecule has 1 aliphatic carbocycles. The third kappa shape index (κ3) is 3.05. The number of rotatable bonds is 6. The van der Waals surface area contributed by atoms with Gasteiger partial charge in [0.15, 0.2) is 0 Å². The standard InChI is InChI=1S/C12H15NO3/c14-12(15)11(10-6-7-10)13-16-8-9-4-2-1-3-5-9/h1-5,10-11,13H,6-8H2,(H,14,15). The molecule has 0 aliphatic heterocycles. The summed E-state index contributed by atoms with van der Waals surface area (Å²) in [7, 11) is 0. The number of carboxylic acid groups (broad SMARTS) is 1. The molecule has 0 saturated heterocycles. The van der Waals surface area contributed by atoms with E-state index in [1.165, 1.54) is 0 Å². The van der Waals surface area contributed by atoms with Crippen molar-refractivity contribution in [2.24, 2.45) is 5.92 Å². The Morgan fingerprint density at radius 1 is 1.44 bits per heavy atom. The van der Waals surface area contributed by atoms with Crippen molar-refractivity contribution in [3.63, 3.8) is 0 Å². The van der Waals surface area contributed by atoms with Crippen molar-refractivity contribution in [1.29, 1.82) is 0 Å². The fraction of sp³-hybridized carbons (Fsp3) is 0.417. The van der Waals surface area contributed by atoms with Crippen LogP contribution in [0.4, 0.5) is 0 Å². The molecule has 1 aliphatic rings. The van der Waals surface area contributed by atoms with Crippen LogP contribution in [0.1, 0.15) is 18.4 Å². The molecule has 0 amide bonds. The lowest BCUT2D eigenvalue weighted by atomic mass is 10.2. The summed E-state index contributed by atoms with van der Waals surface area (Å²) in [6, 6.07) is 9.09. The van der Waals surface area contributed by atoms with Gasteiger partial charge in [-0.3, -0.25) is 9.63 Å². The van der Waals surface area contributed by atoms with Gasteiger partial charge >= 0.3 is 5.97 Å². The fourth-order valence-corrected chi connectivity index (χ4v) is 1.57. The Morgan fingerprint density at radius 3 is 2.69 bits per heavy atom. The van der Waals surface area contributed by atoms with Gasteiger partial charge in [0.05, 0.1) is 6.61 Å². The second-order valence-electron chi connectivity index (χ2n) is 4.05. The summed E-state index contributed by atoms with van der Waals surface area (Å²) in [5.74, 6) is -0.608. The van der Waals surface area contributed by atoms with E-state index < -0.39 is 12.0 Å². The van der Waals surface area contributed by atoms with Crippen LogP contribution in [0.3, 0.4) is 0 Å². The average Bonchev–Trinajstić information content (AvgIpc) is 3.09. The molecular formula is C12H15NO3. The zero-order chi connectivity index (χ0) is 11.4. The van der Waals surface area contributed by atoms with Crippen LogP contribution >= 0.6 is 0 Å². The first-order chi connectivity index (χ1) is 7.77. The van der Waals surface area contributed by atoms with Crippen LogP contribution in [-0.4, -0.2) is 17.1 Å². The summed E-state index contributed by atoms with van der Waals surface area (Å²) in [4.78, 5) is 16.1. The number of carbonyl (C=O) groups is 1. The molecule has 4 nitrogen and oxygen atoms in total. The zero-order valence-electron chi connectivity index (χ0n) is 8.93. The van der Waals surface area contributed by atoms with Crippen molar-refractivity contribution in [2.45, 2.75) is 25.5 Å². The van der Waals surface area contributed by atoms with Crippen molar-refractivity contribution in [3.05, 3.63) is 35.9 Å². The van der Waals surface area contributed by atoms with E-state index in [2.05, 4.69) is 5.48 Å². The zero-order valence-corrected chi connectivity index (χ0v) is 8.93. The molecule has 1 aromatic rings. The molecule has 2 rings (SSSR count). The molecule has 1 saturated carbocycles. The quantitative estimate of drug-likeness (QED) is 0.716. The van der Waals surface area contributed by atoms with Crippen LogP contribution in [0.15, 0.2) is 30.3 Å². The molecule has 86 valence electrons. The number of aliphatic carboxylic acids is 1.